The van der Waals surface area contributed by atoms with Crippen LogP contribution in [-0.4, -0.2) is 50.5 Å². The molecule has 1 aliphatic carbocycles. The summed E-state index contributed by atoms with van der Waals surface area (Å²) >= 11 is 6.32. The Balaban J connectivity index is 1.37. The number of hydrogen-bond acceptors (Lipinski definition) is 5. The second kappa shape index (κ2) is 8.75. The number of hydrogen-bond donors (Lipinski definition) is 3. The number of carbonyl (C=O) groups excluding carboxylic acids is 4. The third-order valence-electron chi connectivity index (χ3n) is 6.30. The summed E-state index contributed by atoms with van der Waals surface area (Å²) in [4.78, 5) is 51.0. The predicted molar refractivity (Wildman–Crippen MR) is 126 cm³/mol. The number of benzene rings is 1. The largest absolute Gasteiger partial charge is 0.325 e. The van der Waals surface area contributed by atoms with Crippen molar-refractivity contribution in [3.63, 3.8) is 0 Å². The third kappa shape index (κ3) is 4.50. The maximum Gasteiger partial charge on any atom is 0.325 e. The summed E-state index contributed by atoms with van der Waals surface area (Å²) in [6.07, 6.45) is 1.76. The van der Waals surface area contributed by atoms with Crippen LogP contribution in [0.25, 0.3) is 0 Å². The lowest BCUT2D eigenvalue weighted by molar-refractivity contribution is -0.134. The smallest absolute Gasteiger partial charge is 0.324 e. The van der Waals surface area contributed by atoms with Gasteiger partial charge < -0.3 is 16.0 Å². The zero-order valence-corrected chi connectivity index (χ0v) is 20.2. The summed E-state index contributed by atoms with van der Waals surface area (Å²) in [7, 11) is 0. The Kier molecular flexibility index (Phi) is 6.11. The van der Waals surface area contributed by atoms with Crippen LogP contribution >= 0.6 is 11.6 Å². The minimum Gasteiger partial charge on any atom is -0.324 e. The van der Waals surface area contributed by atoms with Gasteiger partial charge in [0.2, 0.25) is 11.8 Å². The van der Waals surface area contributed by atoms with Crippen LogP contribution in [0.5, 0.6) is 0 Å². The number of carbonyl (C=O) groups is 4. The summed E-state index contributed by atoms with van der Waals surface area (Å²) < 4.78 is 1.64. The Bertz CT molecular complexity index is 1190. The fourth-order valence-corrected chi connectivity index (χ4v) is 4.45. The molecule has 1 aliphatic heterocycles. The zero-order chi connectivity index (χ0) is 24.8. The molecule has 0 spiro atoms. The second-order valence-electron chi connectivity index (χ2n) is 9.08. The van der Waals surface area contributed by atoms with Gasteiger partial charge in [-0.2, -0.15) is 5.10 Å². The number of aromatic nitrogens is 2. The first-order valence-corrected chi connectivity index (χ1v) is 11.4. The van der Waals surface area contributed by atoms with Crippen molar-refractivity contribution in [2.24, 2.45) is 5.92 Å². The molecule has 11 heteroatoms. The monoisotopic (exact) mass is 486 g/mol. The average molecular weight is 487 g/mol. The quantitative estimate of drug-likeness (QED) is 0.519. The highest BCUT2D eigenvalue weighted by atomic mass is 35.5. The van der Waals surface area contributed by atoms with Gasteiger partial charge in [-0.3, -0.25) is 24.0 Å². The van der Waals surface area contributed by atoms with Crippen LogP contribution in [0.1, 0.15) is 44.1 Å². The molecule has 3 N–H and O–H groups in total. The number of rotatable bonds is 7. The van der Waals surface area contributed by atoms with Crippen molar-refractivity contribution in [1.82, 2.24) is 20.0 Å². The van der Waals surface area contributed by atoms with Crippen molar-refractivity contribution in [3.05, 3.63) is 40.7 Å². The number of nitrogens with one attached hydrogen (secondary N) is 3. The summed E-state index contributed by atoms with van der Waals surface area (Å²) in [6, 6.07) is 5.41. The Hall–Kier alpha value is -3.40. The Labute approximate surface area is 202 Å². The van der Waals surface area contributed by atoms with Crippen LogP contribution in [-0.2, 0) is 14.4 Å². The van der Waals surface area contributed by atoms with E-state index in [-0.39, 0.29) is 22.8 Å². The maximum absolute atomic E-state index is 12.7. The number of halogens is 1. The molecule has 0 radical (unpaired) electrons. The van der Waals surface area contributed by atoms with E-state index in [2.05, 4.69) is 21.0 Å². The van der Waals surface area contributed by atoms with E-state index >= 15 is 0 Å². The van der Waals surface area contributed by atoms with Crippen molar-refractivity contribution in [1.29, 1.82) is 0 Å². The van der Waals surface area contributed by atoms with Crippen LogP contribution in [0.3, 0.4) is 0 Å². The molecule has 1 saturated heterocycles. The first-order chi connectivity index (χ1) is 16.0. The fraction of sp³-hybridized carbons (Fsp3) is 0.435. The van der Waals surface area contributed by atoms with Crippen LogP contribution in [0.4, 0.5) is 16.2 Å². The van der Waals surface area contributed by atoms with Crippen molar-refractivity contribution < 1.29 is 19.2 Å². The second-order valence-corrected chi connectivity index (χ2v) is 9.48. The molecule has 5 amide bonds. The van der Waals surface area contributed by atoms with E-state index in [1.165, 1.54) is 6.07 Å². The minimum absolute atomic E-state index is 0.113. The molecule has 34 heavy (non-hydrogen) atoms. The van der Waals surface area contributed by atoms with E-state index in [9.17, 15) is 19.2 Å². The molecule has 1 aromatic heterocycles. The predicted octanol–water partition coefficient (Wildman–Crippen LogP) is 3.01. The summed E-state index contributed by atoms with van der Waals surface area (Å²) in [5, 5.41) is 12.7. The van der Waals surface area contributed by atoms with E-state index < -0.39 is 30.1 Å². The third-order valence-corrected chi connectivity index (χ3v) is 6.61. The van der Waals surface area contributed by atoms with Gasteiger partial charge in [-0.15, -0.1) is 0 Å². The van der Waals surface area contributed by atoms with Crippen LogP contribution in [0, 0.1) is 19.8 Å². The molecule has 2 atom stereocenters. The number of urea groups is 1. The number of imide groups is 1. The lowest BCUT2D eigenvalue weighted by Gasteiger charge is -2.20. The van der Waals surface area contributed by atoms with Gasteiger partial charge >= 0.3 is 6.03 Å². The minimum atomic E-state index is -0.939. The summed E-state index contributed by atoms with van der Waals surface area (Å²) in [5.41, 5.74) is 1.50. The van der Waals surface area contributed by atoms with Crippen molar-refractivity contribution in [3.8, 4) is 0 Å². The normalized spacial score (nSPS) is 20.8. The van der Waals surface area contributed by atoms with Crippen molar-refractivity contribution in [2.45, 2.75) is 52.1 Å². The fourth-order valence-electron chi connectivity index (χ4n) is 4.22. The van der Waals surface area contributed by atoms with E-state index in [4.69, 9.17) is 11.6 Å². The van der Waals surface area contributed by atoms with E-state index in [1.807, 2.05) is 19.9 Å². The molecule has 180 valence electrons. The number of nitrogens with zero attached hydrogens (tertiary/aromatic N) is 3. The molecule has 2 aliphatic rings. The molecule has 2 aromatic rings. The molecular formula is C23H27ClN6O4. The van der Waals surface area contributed by atoms with Crippen molar-refractivity contribution in [2.75, 3.05) is 17.2 Å². The van der Waals surface area contributed by atoms with Crippen molar-refractivity contribution >= 4 is 46.7 Å². The van der Waals surface area contributed by atoms with Gasteiger partial charge in [0.15, 0.2) is 0 Å². The first kappa shape index (κ1) is 23.7. The zero-order valence-electron chi connectivity index (χ0n) is 19.4. The van der Waals surface area contributed by atoms with Crippen LogP contribution in [0.2, 0.25) is 5.02 Å². The Morgan fingerprint density at radius 3 is 2.53 bits per heavy atom. The molecular weight excluding hydrogens is 460 g/mol. The van der Waals surface area contributed by atoms with Crippen LogP contribution < -0.4 is 16.0 Å². The molecule has 1 saturated carbocycles. The molecule has 1 aromatic carbocycles. The number of amides is 5. The molecule has 10 nitrogen and oxygen atoms in total. The van der Waals surface area contributed by atoms with Gasteiger partial charge in [0, 0.05) is 11.4 Å². The van der Waals surface area contributed by atoms with E-state index in [0.717, 1.165) is 29.1 Å². The molecule has 4 rings (SSSR count). The lowest BCUT2D eigenvalue weighted by Crippen LogP contribution is -2.46. The Morgan fingerprint density at radius 1 is 1.24 bits per heavy atom. The SMILES string of the molecule is Cc1cc(C)n(C(C)C(=O)Nc2ccc(NC(=O)CN3C(=O)NC(C)(C4CC4)C3=O)cc2Cl)n1. The molecule has 2 unspecified atom stereocenters. The highest BCUT2D eigenvalue weighted by Gasteiger charge is 2.56. The highest BCUT2D eigenvalue weighted by Crippen LogP contribution is 2.42. The van der Waals surface area contributed by atoms with Gasteiger partial charge in [0.1, 0.15) is 18.1 Å². The lowest BCUT2D eigenvalue weighted by atomic mass is 9.96. The van der Waals surface area contributed by atoms with Gasteiger partial charge in [0.25, 0.3) is 5.91 Å². The topological polar surface area (TPSA) is 125 Å². The summed E-state index contributed by atoms with van der Waals surface area (Å²) in [6.45, 7) is 6.77. The standard InChI is InChI=1S/C23H27ClN6O4/c1-12-9-13(2)30(28-12)14(3)20(32)26-18-8-7-16(10-17(18)24)25-19(31)11-29-21(33)23(4,15-5-6-15)27-22(29)34/h7-10,14-15H,5-6,11H2,1-4H3,(H,25,31)(H,26,32)(H,27,34). The average Bonchev–Trinajstić information content (AvgIpc) is 3.53. The molecule has 2 heterocycles. The molecule has 0 bridgehead atoms. The van der Waals surface area contributed by atoms with Gasteiger partial charge in [-0.05, 0) is 70.7 Å². The maximum atomic E-state index is 12.7. The number of anilines is 2. The number of aryl methyl sites for hydroxylation is 2. The summed E-state index contributed by atoms with van der Waals surface area (Å²) in [5.74, 6) is -1.10. The van der Waals surface area contributed by atoms with Gasteiger partial charge in [0.05, 0.1) is 16.4 Å². The van der Waals surface area contributed by atoms with E-state index in [1.54, 1.807) is 30.7 Å². The first-order valence-electron chi connectivity index (χ1n) is 11.1. The molecule has 2 fully saturated rings. The van der Waals surface area contributed by atoms with Crippen LogP contribution in [0.15, 0.2) is 24.3 Å². The van der Waals surface area contributed by atoms with E-state index in [0.29, 0.717) is 11.4 Å². The van der Waals surface area contributed by atoms with Gasteiger partial charge in [-0.1, -0.05) is 11.6 Å². The highest BCUT2D eigenvalue weighted by molar-refractivity contribution is 6.34. The van der Waals surface area contributed by atoms with Gasteiger partial charge in [-0.25, -0.2) is 4.79 Å². The Morgan fingerprint density at radius 2 is 1.94 bits per heavy atom.